The van der Waals surface area contributed by atoms with Crippen molar-refractivity contribution in [3.05, 3.63) is 254 Å². The summed E-state index contributed by atoms with van der Waals surface area (Å²) in [5.41, 5.74) is 15.3. The van der Waals surface area contributed by atoms with E-state index in [1.165, 1.54) is 81.8 Å². The second-order valence-electron chi connectivity index (χ2n) is 17.8. The van der Waals surface area contributed by atoms with Gasteiger partial charge in [0.15, 0.2) is 0 Å². The Morgan fingerprint density at radius 2 is 0.809 bits per heavy atom. The quantitative estimate of drug-likeness (QED) is 0.144. The van der Waals surface area contributed by atoms with Gasteiger partial charge in [-0.25, -0.2) is 0 Å². The first kappa shape index (κ1) is 39.5. The van der Waals surface area contributed by atoms with E-state index >= 15 is 0 Å². The number of fused-ring (bicyclic) bond motifs is 10. The highest BCUT2D eigenvalue weighted by Crippen LogP contribution is 2.42. The van der Waals surface area contributed by atoms with Crippen LogP contribution in [0.3, 0.4) is 0 Å². The summed E-state index contributed by atoms with van der Waals surface area (Å²) in [5.74, 6) is 0. The third-order valence-electron chi connectivity index (χ3n) is 13.9. The zero-order chi connectivity index (χ0) is 45.1. The Morgan fingerprint density at radius 1 is 0.324 bits per heavy atom. The maximum Gasteiger partial charge on any atom is 0.0619 e. The molecule has 0 saturated heterocycles. The molecular weight excluding hydrogens is 825 g/mol. The van der Waals surface area contributed by atoms with Gasteiger partial charge < -0.3 is 18.9 Å². The fourth-order valence-electron chi connectivity index (χ4n) is 10.6. The highest BCUT2D eigenvalue weighted by Gasteiger charge is 2.20. The minimum atomic E-state index is 0.705. The van der Waals surface area contributed by atoms with E-state index in [0.717, 1.165) is 34.1 Å². The normalized spacial score (nSPS) is 11.7. The largest absolute Gasteiger partial charge is 0.345 e. The van der Waals surface area contributed by atoms with Crippen molar-refractivity contribution < 1.29 is 0 Å². The predicted octanol–water partition coefficient (Wildman–Crippen LogP) is 17.0. The lowest BCUT2D eigenvalue weighted by atomic mass is 10.0. The molecule has 0 radical (unpaired) electrons. The highest BCUT2D eigenvalue weighted by molar-refractivity contribution is 6.20. The van der Waals surface area contributed by atoms with Crippen LogP contribution in [0.5, 0.6) is 0 Å². The SMILES string of the molecule is CN(c1ccc(-c2cccc(CN(c3ccccc3)c3ccc4c5ccc6ccccc6c5n(-c5ccccc5)c4c3)c2)cc1)c1ccc2c3ccc4ccccc4c3n(-c3ccccc3)c2c1. The van der Waals surface area contributed by atoms with Gasteiger partial charge in [0, 0.05) is 80.0 Å². The summed E-state index contributed by atoms with van der Waals surface area (Å²) >= 11 is 0. The number of rotatable bonds is 9. The summed E-state index contributed by atoms with van der Waals surface area (Å²) in [6.07, 6.45) is 0. The molecule has 13 aromatic rings. The van der Waals surface area contributed by atoms with Gasteiger partial charge >= 0.3 is 0 Å². The van der Waals surface area contributed by atoms with Crippen LogP contribution in [-0.4, -0.2) is 16.2 Å². The van der Waals surface area contributed by atoms with Crippen molar-refractivity contribution in [3.8, 4) is 22.5 Å². The molecule has 0 unspecified atom stereocenters. The van der Waals surface area contributed by atoms with Crippen LogP contribution in [0, 0.1) is 0 Å². The molecule has 0 spiro atoms. The molecule has 322 valence electrons. The molecule has 13 rings (SSSR count). The fraction of sp³-hybridized carbons (Fsp3) is 0.0312. The minimum Gasteiger partial charge on any atom is -0.345 e. The molecule has 0 aliphatic heterocycles. The van der Waals surface area contributed by atoms with Crippen molar-refractivity contribution in [2.24, 2.45) is 0 Å². The Hall–Kier alpha value is -8.86. The van der Waals surface area contributed by atoms with Gasteiger partial charge in [0.25, 0.3) is 0 Å². The van der Waals surface area contributed by atoms with E-state index in [0.29, 0.717) is 6.54 Å². The van der Waals surface area contributed by atoms with E-state index in [1.54, 1.807) is 0 Å². The summed E-state index contributed by atoms with van der Waals surface area (Å²) in [6, 6.07) is 90.7. The number of anilines is 4. The average molecular weight is 871 g/mol. The number of aromatic nitrogens is 2. The van der Waals surface area contributed by atoms with E-state index in [9.17, 15) is 0 Å². The van der Waals surface area contributed by atoms with E-state index in [2.05, 4.69) is 275 Å². The maximum atomic E-state index is 2.45. The smallest absolute Gasteiger partial charge is 0.0619 e. The highest BCUT2D eigenvalue weighted by atomic mass is 15.1. The lowest BCUT2D eigenvalue weighted by molar-refractivity contribution is 0.976. The topological polar surface area (TPSA) is 16.3 Å². The summed E-state index contributed by atoms with van der Waals surface area (Å²) < 4.78 is 4.88. The second kappa shape index (κ2) is 16.2. The standard InChI is InChI=1S/C64H46N4/c1-65(53-34-38-57-59-36-30-46-17-11-13-26-55(46)63(59)67(61(57)41-53)51-22-7-3-8-23-51)49-32-28-45(29-33-49)48-19-15-16-44(40-48)43-66(50-20-5-2-6-21-50)54-35-39-58-60-37-31-47-18-12-14-27-56(47)64(60)68(62(58)42-54)52-24-9-4-10-25-52/h2-42H,43H2,1H3. The molecule has 0 fully saturated rings. The lowest BCUT2D eigenvalue weighted by Crippen LogP contribution is -2.16. The number of nitrogens with zero attached hydrogens (tertiary/aromatic N) is 4. The van der Waals surface area contributed by atoms with Crippen LogP contribution in [0.4, 0.5) is 22.7 Å². The first-order chi connectivity index (χ1) is 33.6. The summed E-state index contributed by atoms with van der Waals surface area (Å²) in [5, 5.41) is 10.00. The minimum absolute atomic E-state index is 0.705. The van der Waals surface area contributed by atoms with Crippen LogP contribution in [-0.2, 0) is 6.54 Å². The predicted molar refractivity (Wildman–Crippen MR) is 289 cm³/mol. The molecule has 2 heterocycles. The average Bonchev–Trinajstić information content (AvgIpc) is 3.93. The fourth-order valence-corrected chi connectivity index (χ4v) is 10.6. The van der Waals surface area contributed by atoms with Crippen molar-refractivity contribution in [1.82, 2.24) is 9.13 Å². The molecular formula is C64H46N4. The first-order valence-corrected chi connectivity index (χ1v) is 23.4. The zero-order valence-electron chi connectivity index (χ0n) is 37.7. The summed E-state index contributed by atoms with van der Waals surface area (Å²) in [6.45, 7) is 0.705. The summed E-state index contributed by atoms with van der Waals surface area (Å²) in [4.78, 5) is 4.73. The van der Waals surface area contributed by atoms with Crippen molar-refractivity contribution in [1.29, 1.82) is 0 Å². The summed E-state index contributed by atoms with van der Waals surface area (Å²) in [7, 11) is 2.17. The third-order valence-corrected chi connectivity index (χ3v) is 13.9. The molecule has 4 nitrogen and oxygen atoms in total. The van der Waals surface area contributed by atoms with E-state index in [4.69, 9.17) is 0 Å². The van der Waals surface area contributed by atoms with Gasteiger partial charge in [-0.15, -0.1) is 0 Å². The first-order valence-electron chi connectivity index (χ1n) is 23.4. The van der Waals surface area contributed by atoms with Gasteiger partial charge in [-0.1, -0.05) is 170 Å². The molecule has 0 bridgehead atoms. The molecule has 2 aromatic heterocycles. The van der Waals surface area contributed by atoms with Gasteiger partial charge in [-0.05, 0) is 106 Å². The monoisotopic (exact) mass is 870 g/mol. The number of hydrogen-bond acceptors (Lipinski definition) is 2. The zero-order valence-corrected chi connectivity index (χ0v) is 37.7. The Bertz CT molecular complexity index is 4000. The van der Waals surface area contributed by atoms with Gasteiger partial charge in [0.05, 0.1) is 22.1 Å². The molecule has 68 heavy (non-hydrogen) atoms. The van der Waals surface area contributed by atoms with Gasteiger partial charge in [-0.2, -0.15) is 0 Å². The Balaban J connectivity index is 0.843. The van der Waals surface area contributed by atoms with Gasteiger partial charge in [0.1, 0.15) is 0 Å². The lowest BCUT2D eigenvalue weighted by Gasteiger charge is -2.26. The molecule has 0 aliphatic carbocycles. The van der Waals surface area contributed by atoms with E-state index in [1.807, 2.05) is 0 Å². The molecule has 0 saturated carbocycles. The van der Waals surface area contributed by atoms with Crippen LogP contribution in [0.1, 0.15) is 5.56 Å². The second-order valence-corrected chi connectivity index (χ2v) is 17.8. The van der Waals surface area contributed by atoms with Crippen molar-refractivity contribution in [2.45, 2.75) is 6.54 Å². The molecule has 11 aromatic carbocycles. The Kier molecular flexibility index (Phi) is 9.43. The van der Waals surface area contributed by atoms with E-state index in [-0.39, 0.29) is 0 Å². The Morgan fingerprint density at radius 3 is 1.40 bits per heavy atom. The molecule has 0 atom stereocenters. The van der Waals surface area contributed by atoms with Crippen LogP contribution >= 0.6 is 0 Å². The van der Waals surface area contributed by atoms with Crippen LogP contribution < -0.4 is 9.80 Å². The molecule has 0 N–H and O–H groups in total. The van der Waals surface area contributed by atoms with Gasteiger partial charge in [0.2, 0.25) is 0 Å². The van der Waals surface area contributed by atoms with Crippen LogP contribution in [0.25, 0.3) is 87.7 Å². The molecule has 4 heteroatoms. The maximum absolute atomic E-state index is 2.45. The Labute approximate surface area is 395 Å². The van der Waals surface area contributed by atoms with Crippen molar-refractivity contribution in [3.63, 3.8) is 0 Å². The molecule has 0 aliphatic rings. The van der Waals surface area contributed by atoms with Crippen LogP contribution in [0.15, 0.2) is 249 Å². The molecule has 0 amide bonds. The third kappa shape index (κ3) is 6.60. The van der Waals surface area contributed by atoms with E-state index < -0.39 is 0 Å². The number of benzene rings is 11. The van der Waals surface area contributed by atoms with Crippen molar-refractivity contribution in [2.75, 3.05) is 16.8 Å². The number of para-hydroxylation sites is 3. The van der Waals surface area contributed by atoms with Gasteiger partial charge in [-0.3, -0.25) is 0 Å². The van der Waals surface area contributed by atoms with Crippen molar-refractivity contribution >= 4 is 87.9 Å². The number of hydrogen-bond donors (Lipinski definition) is 0. The van der Waals surface area contributed by atoms with Crippen LogP contribution in [0.2, 0.25) is 0 Å².